The minimum atomic E-state index is -4.20. The second-order valence-electron chi connectivity index (χ2n) is 4.71. The molecule has 19 heavy (non-hydrogen) atoms. The first-order valence-corrected chi connectivity index (χ1v) is 6.26. The van der Waals surface area contributed by atoms with Gasteiger partial charge in [0.1, 0.15) is 5.75 Å². The van der Waals surface area contributed by atoms with Crippen molar-refractivity contribution >= 4 is 0 Å². The van der Waals surface area contributed by atoms with Gasteiger partial charge in [0.05, 0.1) is 6.42 Å². The smallest absolute Gasteiger partial charge is 0.390 e. The molecule has 0 aromatic heterocycles. The fraction of sp³-hybridized carbons (Fsp3) is 0.538. The molecule has 1 saturated heterocycles. The molecule has 6 heteroatoms. The lowest BCUT2D eigenvalue weighted by Crippen LogP contribution is -2.46. The fourth-order valence-corrected chi connectivity index (χ4v) is 2.37. The quantitative estimate of drug-likeness (QED) is 0.887. The Morgan fingerprint density at radius 3 is 2.26 bits per heavy atom. The van der Waals surface area contributed by atoms with Crippen molar-refractivity contribution in [3.05, 3.63) is 29.8 Å². The van der Waals surface area contributed by atoms with Crippen LogP contribution in [-0.4, -0.2) is 42.4 Å². The highest BCUT2D eigenvalue weighted by Gasteiger charge is 2.35. The van der Waals surface area contributed by atoms with Crippen LogP contribution in [0.5, 0.6) is 5.75 Å². The predicted molar refractivity (Wildman–Crippen MR) is 66.0 cm³/mol. The molecule has 1 aromatic rings. The van der Waals surface area contributed by atoms with Crippen molar-refractivity contribution in [3.8, 4) is 5.75 Å². The first kappa shape index (κ1) is 14.1. The number of alkyl halides is 3. The van der Waals surface area contributed by atoms with Crippen LogP contribution in [0, 0.1) is 0 Å². The van der Waals surface area contributed by atoms with Crippen LogP contribution >= 0.6 is 0 Å². The number of aromatic hydroxyl groups is 1. The summed E-state index contributed by atoms with van der Waals surface area (Å²) < 4.78 is 38.2. The van der Waals surface area contributed by atoms with Gasteiger partial charge in [-0.25, -0.2) is 0 Å². The van der Waals surface area contributed by atoms with Gasteiger partial charge in [0, 0.05) is 32.2 Å². The van der Waals surface area contributed by atoms with Gasteiger partial charge in [0.25, 0.3) is 0 Å². The van der Waals surface area contributed by atoms with Crippen molar-refractivity contribution < 1.29 is 18.3 Å². The summed E-state index contributed by atoms with van der Waals surface area (Å²) in [4.78, 5) is 1.84. The zero-order valence-electron chi connectivity index (χ0n) is 10.5. The molecule has 0 spiro atoms. The minimum absolute atomic E-state index is 0.0646. The third-order valence-electron chi connectivity index (χ3n) is 3.30. The van der Waals surface area contributed by atoms with E-state index in [-0.39, 0.29) is 5.75 Å². The van der Waals surface area contributed by atoms with E-state index in [2.05, 4.69) is 5.32 Å². The Morgan fingerprint density at radius 1 is 1.16 bits per heavy atom. The zero-order valence-corrected chi connectivity index (χ0v) is 10.5. The van der Waals surface area contributed by atoms with Crippen LogP contribution < -0.4 is 5.32 Å². The molecular weight excluding hydrogens is 257 g/mol. The highest BCUT2D eigenvalue weighted by atomic mass is 19.4. The van der Waals surface area contributed by atoms with E-state index in [0.717, 1.165) is 0 Å². The predicted octanol–water partition coefficient (Wildman–Crippen LogP) is 2.29. The molecule has 0 amide bonds. The van der Waals surface area contributed by atoms with Crippen molar-refractivity contribution in [1.82, 2.24) is 10.2 Å². The van der Waals surface area contributed by atoms with Gasteiger partial charge in [-0.2, -0.15) is 13.2 Å². The largest absolute Gasteiger partial charge is 0.508 e. The molecule has 1 heterocycles. The maximum absolute atomic E-state index is 12.7. The van der Waals surface area contributed by atoms with E-state index < -0.39 is 18.6 Å². The van der Waals surface area contributed by atoms with Crippen molar-refractivity contribution in [2.24, 2.45) is 0 Å². The number of halogens is 3. The lowest BCUT2D eigenvalue weighted by Gasteiger charge is -2.35. The van der Waals surface area contributed by atoms with Crippen LogP contribution in [0.25, 0.3) is 0 Å². The summed E-state index contributed by atoms with van der Waals surface area (Å²) >= 11 is 0. The second-order valence-corrected chi connectivity index (χ2v) is 4.71. The average molecular weight is 274 g/mol. The fourth-order valence-electron chi connectivity index (χ4n) is 2.37. The summed E-state index contributed by atoms with van der Waals surface area (Å²) in [7, 11) is 0. The lowest BCUT2D eigenvalue weighted by atomic mass is 10.0. The maximum atomic E-state index is 12.7. The molecule has 1 fully saturated rings. The molecule has 1 atom stereocenters. The van der Waals surface area contributed by atoms with Crippen LogP contribution in [-0.2, 0) is 0 Å². The first-order valence-electron chi connectivity index (χ1n) is 6.26. The van der Waals surface area contributed by atoms with Crippen LogP contribution in [0.2, 0.25) is 0 Å². The molecule has 106 valence electrons. The van der Waals surface area contributed by atoms with E-state index in [9.17, 15) is 18.3 Å². The summed E-state index contributed by atoms with van der Waals surface area (Å²) in [6.45, 7) is 2.60. The normalized spacial score (nSPS) is 19.3. The SMILES string of the molecule is Oc1ccc([C@@H](CC(F)(F)F)N2CCNCC2)cc1. The highest BCUT2D eigenvalue weighted by Crippen LogP contribution is 2.34. The molecule has 1 aliphatic heterocycles. The molecule has 2 N–H and O–H groups in total. The van der Waals surface area contributed by atoms with Crippen molar-refractivity contribution in [2.75, 3.05) is 26.2 Å². The molecule has 0 saturated carbocycles. The summed E-state index contributed by atoms with van der Waals surface area (Å²) in [6, 6.07) is 5.31. The van der Waals surface area contributed by atoms with Crippen molar-refractivity contribution in [3.63, 3.8) is 0 Å². The molecule has 0 radical (unpaired) electrons. The zero-order chi connectivity index (χ0) is 13.9. The number of rotatable bonds is 3. The molecule has 1 aliphatic rings. The number of piperazine rings is 1. The molecule has 0 bridgehead atoms. The van der Waals surface area contributed by atoms with Crippen molar-refractivity contribution in [2.45, 2.75) is 18.6 Å². The molecule has 2 rings (SSSR count). The summed E-state index contributed by atoms with van der Waals surface area (Å²) in [6.07, 6.45) is -5.06. The number of hydrogen-bond acceptors (Lipinski definition) is 3. The molecule has 1 aromatic carbocycles. The van der Waals surface area contributed by atoms with Gasteiger partial charge >= 0.3 is 6.18 Å². The van der Waals surface area contributed by atoms with Gasteiger partial charge in [-0.15, -0.1) is 0 Å². The van der Waals surface area contributed by atoms with E-state index >= 15 is 0 Å². The second kappa shape index (κ2) is 5.79. The Balaban J connectivity index is 2.19. The van der Waals surface area contributed by atoms with Gasteiger partial charge in [-0.3, -0.25) is 4.90 Å². The third-order valence-corrected chi connectivity index (χ3v) is 3.30. The monoisotopic (exact) mass is 274 g/mol. The van der Waals surface area contributed by atoms with E-state index in [4.69, 9.17) is 0 Å². The van der Waals surface area contributed by atoms with Crippen LogP contribution in [0.3, 0.4) is 0 Å². The third kappa shape index (κ3) is 4.11. The lowest BCUT2D eigenvalue weighted by molar-refractivity contribution is -0.148. The highest BCUT2D eigenvalue weighted by molar-refractivity contribution is 5.28. The van der Waals surface area contributed by atoms with Crippen LogP contribution in [0.1, 0.15) is 18.0 Å². The Hall–Kier alpha value is -1.27. The topological polar surface area (TPSA) is 35.5 Å². The Morgan fingerprint density at radius 2 is 1.74 bits per heavy atom. The van der Waals surface area contributed by atoms with Crippen LogP contribution in [0.4, 0.5) is 13.2 Å². The van der Waals surface area contributed by atoms with E-state index in [1.54, 1.807) is 12.1 Å². The molecule has 0 unspecified atom stereocenters. The first-order chi connectivity index (χ1) is 8.96. The number of nitrogens with one attached hydrogen (secondary N) is 1. The van der Waals surface area contributed by atoms with Crippen molar-refractivity contribution in [1.29, 1.82) is 0 Å². The van der Waals surface area contributed by atoms with E-state index in [1.807, 2.05) is 4.90 Å². The van der Waals surface area contributed by atoms with E-state index in [0.29, 0.717) is 31.7 Å². The summed E-state index contributed by atoms with van der Waals surface area (Å²) in [5.74, 6) is 0.0646. The van der Waals surface area contributed by atoms with Gasteiger partial charge in [0.15, 0.2) is 0 Å². The number of benzene rings is 1. The minimum Gasteiger partial charge on any atom is -0.508 e. The molecule has 0 aliphatic carbocycles. The van der Waals surface area contributed by atoms with Gasteiger partial charge in [0.2, 0.25) is 0 Å². The summed E-state index contributed by atoms with van der Waals surface area (Å²) in [5.41, 5.74) is 0.594. The number of nitrogens with zero attached hydrogens (tertiary/aromatic N) is 1. The number of phenolic OH excluding ortho intramolecular Hbond substituents is 1. The van der Waals surface area contributed by atoms with Gasteiger partial charge in [-0.05, 0) is 17.7 Å². The Kier molecular flexibility index (Phi) is 4.31. The van der Waals surface area contributed by atoms with Crippen LogP contribution in [0.15, 0.2) is 24.3 Å². The van der Waals surface area contributed by atoms with E-state index in [1.165, 1.54) is 12.1 Å². The van der Waals surface area contributed by atoms with Gasteiger partial charge in [-0.1, -0.05) is 12.1 Å². The standard InChI is InChI=1S/C13H17F3N2O/c14-13(15,16)9-12(18-7-5-17-6-8-18)10-1-3-11(19)4-2-10/h1-4,12,17,19H,5-9H2/t12-/m1/s1. The number of hydrogen-bond donors (Lipinski definition) is 2. The maximum Gasteiger partial charge on any atom is 0.390 e. The average Bonchev–Trinajstić information content (AvgIpc) is 2.37. The molecular formula is C13H17F3N2O. The summed E-state index contributed by atoms with van der Waals surface area (Å²) in [5, 5.41) is 12.4. The number of phenols is 1. The molecule has 3 nitrogen and oxygen atoms in total. The Labute approximate surface area is 110 Å². The van der Waals surface area contributed by atoms with Gasteiger partial charge < -0.3 is 10.4 Å². The Bertz CT molecular complexity index is 399.